The van der Waals surface area contributed by atoms with Gasteiger partial charge in [-0.25, -0.2) is 14.6 Å². The highest BCUT2D eigenvalue weighted by atomic mass is 32.1. The largest absolute Gasteiger partial charge is 0.425 e. The number of aromatic nitrogens is 3. The van der Waals surface area contributed by atoms with Crippen LogP contribution in [0.5, 0.6) is 0 Å². The van der Waals surface area contributed by atoms with Crippen LogP contribution in [0, 0.1) is 5.41 Å². The Morgan fingerprint density at radius 2 is 2.17 bits per heavy atom. The maximum Gasteiger partial charge on any atom is 0.409 e. The molecule has 2 aromatic heterocycles. The van der Waals surface area contributed by atoms with E-state index in [1.54, 1.807) is 23.6 Å². The molecule has 3 aromatic rings. The van der Waals surface area contributed by atoms with Crippen molar-refractivity contribution < 1.29 is 19.2 Å². The topological polar surface area (TPSA) is 116 Å². The van der Waals surface area contributed by atoms with Crippen molar-refractivity contribution >= 4 is 44.4 Å². The number of ketones is 1. The maximum atomic E-state index is 13.1. The zero-order chi connectivity index (χ0) is 24.6. The molecule has 5 rings (SSSR count). The number of rotatable bonds is 9. The summed E-state index contributed by atoms with van der Waals surface area (Å²) in [7, 11) is 0. The molecule has 0 aliphatic carbocycles. The second kappa shape index (κ2) is 9.46. The lowest BCUT2D eigenvalue weighted by atomic mass is 9.93. The van der Waals surface area contributed by atoms with Crippen LogP contribution in [-0.4, -0.2) is 52.1 Å². The quantitative estimate of drug-likeness (QED) is 0.422. The molecule has 2 unspecified atom stereocenters. The predicted molar refractivity (Wildman–Crippen MR) is 133 cm³/mol. The molecule has 2 aliphatic rings. The van der Waals surface area contributed by atoms with Gasteiger partial charge in [0.2, 0.25) is 12.0 Å². The third kappa shape index (κ3) is 5.10. The number of unbranched alkanes of at least 4 members (excludes halogenated alkanes) is 1. The van der Waals surface area contributed by atoms with Gasteiger partial charge in [0, 0.05) is 19.0 Å². The molecule has 0 spiro atoms. The first-order valence-electron chi connectivity index (χ1n) is 11.9. The van der Waals surface area contributed by atoms with Crippen molar-refractivity contribution in [3.63, 3.8) is 0 Å². The zero-order valence-electron chi connectivity index (χ0n) is 20.1. The first-order chi connectivity index (χ1) is 16.8. The molecule has 35 heavy (non-hydrogen) atoms. The van der Waals surface area contributed by atoms with Gasteiger partial charge < -0.3 is 15.0 Å². The molecule has 1 aromatic carbocycles. The fraction of sp³-hybridized carbons (Fsp3) is 0.500. The second-order valence-corrected chi connectivity index (χ2v) is 10.8. The average molecular weight is 499 g/mol. The monoisotopic (exact) mass is 498 g/mol. The predicted octanol–water partition coefficient (Wildman–Crippen LogP) is 4.21. The van der Waals surface area contributed by atoms with E-state index in [0.717, 1.165) is 34.7 Å². The van der Waals surface area contributed by atoms with Crippen molar-refractivity contribution in [2.75, 3.05) is 16.5 Å². The van der Waals surface area contributed by atoms with Crippen LogP contribution in [0.2, 0.25) is 0 Å². The Balaban J connectivity index is 1.26. The van der Waals surface area contributed by atoms with Crippen molar-refractivity contribution in [3.05, 3.63) is 36.5 Å². The first-order valence-corrected chi connectivity index (χ1v) is 12.7. The van der Waals surface area contributed by atoms with E-state index >= 15 is 0 Å². The number of thiazole rings is 1. The summed E-state index contributed by atoms with van der Waals surface area (Å²) in [5.41, 5.74) is 0.879. The number of aromatic amines is 1. The fourth-order valence-electron chi connectivity index (χ4n) is 4.46. The van der Waals surface area contributed by atoms with Crippen LogP contribution in [0.1, 0.15) is 46.5 Å². The normalized spacial score (nSPS) is 21.8. The number of H-pyrrole nitrogens is 1. The summed E-state index contributed by atoms with van der Waals surface area (Å²) in [5.74, 6) is 0.389. The summed E-state index contributed by atoms with van der Waals surface area (Å²) < 4.78 is 6.98. The Hall–Kier alpha value is -3.18. The Kier molecular flexibility index (Phi) is 6.37. The molecule has 2 fully saturated rings. The molecule has 0 saturated carbocycles. The summed E-state index contributed by atoms with van der Waals surface area (Å²) >= 11 is 1.59. The minimum Gasteiger partial charge on any atom is -0.425 e. The number of hydrogen-bond donors (Lipinski definition) is 2. The summed E-state index contributed by atoms with van der Waals surface area (Å²) in [6, 6.07) is 8.99. The van der Waals surface area contributed by atoms with Crippen LogP contribution in [0.4, 0.5) is 15.7 Å². The zero-order valence-corrected chi connectivity index (χ0v) is 20.9. The van der Waals surface area contributed by atoms with E-state index in [0.29, 0.717) is 18.7 Å². The number of nitrogens with one attached hydrogen (secondary N) is 2. The number of hydroxylamine groups is 1. The maximum absolute atomic E-state index is 13.1. The van der Waals surface area contributed by atoms with Crippen LogP contribution in [0.15, 0.2) is 36.5 Å². The minimum absolute atomic E-state index is 0.0489. The summed E-state index contributed by atoms with van der Waals surface area (Å²) in [5, 5.41) is 11.7. The van der Waals surface area contributed by atoms with Gasteiger partial charge in [0.05, 0.1) is 22.5 Å². The lowest BCUT2D eigenvalue weighted by molar-refractivity contribution is -0.122. The van der Waals surface area contributed by atoms with E-state index in [2.05, 4.69) is 34.3 Å². The smallest absolute Gasteiger partial charge is 0.409 e. The van der Waals surface area contributed by atoms with Crippen LogP contribution in [-0.2, 0) is 14.4 Å². The number of hydrogen-bond acceptors (Lipinski definition) is 9. The van der Waals surface area contributed by atoms with E-state index < -0.39 is 24.6 Å². The Bertz CT molecular complexity index is 1160. The van der Waals surface area contributed by atoms with Crippen molar-refractivity contribution in [1.29, 1.82) is 0 Å². The van der Waals surface area contributed by atoms with Crippen LogP contribution in [0.3, 0.4) is 0 Å². The number of amides is 1. The number of Topliss-reactive ketones (excluding diaryl/α,β-unsaturated/α-hetero) is 1. The van der Waals surface area contributed by atoms with E-state index in [1.165, 1.54) is 5.06 Å². The third-order valence-electron chi connectivity index (χ3n) is 6.27. The van der Waals surface area contributed by atoms with E-state index in [9.17, 15) is 9.59 Å². The van der Waals surface area contributed by atoms with Crippen LogP contribution < -0.4 is 15.3 Å². The Morgan fingerprint density at radius 3 is 2.91 bits per heavy atom. The number of anilines is 2. The Labute approximate surface area is 207 Å². The van der Waals surface area contributed by atoms with E-state index in [1.807, 2.05) is 31.2 Å². The highest BCUT2D eigenvalue weighted by molar-refractivity contribution is 7.22. The van der Waals surface area contributed by atoms with Gasteiger partial charge in [-0.2, -0.15) is 10.2 Å². The minimum atomic E-state index is -0.748. The molecule has 2 N–H and O–H groups in total. The van der Waals surface area contributed by atoms with Gasteiger partial charge in [-0.05, 0) is 24.0 Å². The second-order valence-electron chi connectivity index (χ2n) is 9.79. The number of benzene rings is 1. The molecule has 2 saturated heterocycles. The molecular weight excluding hydrogens is 468 g/mol. The van der Waals surface area contributed by atoms with Gasteiger partial charge in [-0.15, -0.1) is 0 Å². The number of para-hydroxylation sites is 1. The molecule has 0 radical (unpaired) electrons. The fourth-order valence-corrected chi connectivity index (χ4v) is 5.46. The van der Waals surface area contributed by atoms with Gasteiger partial charge in [0.25, 0.3) is 0 Å². The number of fused-ring (bicyclic) bond motifs is 1. The van der Waals surface area contributed by atoms with Gasteiger partial charge in [-0.1, -0.05) is 57.1 Å². The van der Waals surface area contributed by atoms with E-state index in [-0.39, 0.29) is 11.2 Å². The van der Waals surface area contributed by atoms with E-state index in [4.69, 9.17) is 14.6 Å². The van der Waals surface area contributed by atoms with Crippen molar-refractivity contribution in [1.82, 2.24) is 20.5 Å². The summed E-state index contributed by atoms with van der Waals surface area (Å²) in [6.45, 7) is 7.06. The molecule has 10 nitrogen and oxygen atoms in total. The molecule has 11 heteroatoms. The third-order valence-corrected chi connectivity index (χ3v) is 7.35. The summed E-state index contributed by atoms with van der Waals surface area (Å²) in [4.78, 5) is 38.3. The van der Waals surface area contributed by atoms with Gasteiger partial charge >= 0.3 is 6.09 Å². The van der Waals surface area contributed by atoms with Crippen LogP contribution in [0.25, 0.3) is 10.2 Å². The first kappa shape index (κ1) is 23.6. The molecule has 186 valence electrons. The average Bonchev–Trinajstić information content (AvgIpc) is 3.15. The van der Waals surface area contributed by atoms with Gasteiger partial charge in [0.15, 0.2) is 17.2 Å². The van der Waals surface area contributed by atoms with Crippen molar-refractivity contribution in [2.45, 2.75) is 65.0 Å². The Morgan fingerprint density at radius 1 is 1.34 bits per heavy atom. The van der Waals surface area contributed by atoms with Crippen LogP contribution >= 0.6 is 11.3 Å². The molecule has 1 amide bonds. The highest BCUT2D eigenvalue weighted by Crippen LogP contribution is 2.40. The molecule has 4 heterocycles. The number of carbonyl (C=O) groups is 2. The number of alkyl carbamates (subject to hydrolysis) is 1. The van der Waals surface area contributed by atoms with Gasteiger partial charge in [0.1, 0.15) is 0 Å². The van der Waals surface area contributed by atoms with Crippen molar-refractivity contribution in [3.8, 4) is 0 Å². The molecule has 0 bridgehead atoms. The molecular formula is C24H30N6O4S. The lowest BCUT2D eigenvalue weighted by Gasteiger charge is -2.25. The SMILES string of the molecule is CCCC[C@H](NC(=O)OC1CC(C)(C)CN1c1nc2ccccc2s1)C(=O)C1ON1c1ccn[nH]1. The van der Waals surface area contributed by atoms with Gasteiger partial charge in [-0.3, -0.25) is 9.89 Å². The molecule has 2 aliphatic heterocycles. The number of nitrogens with zero attached hydrogens (tertiary/aromatic N) is 4. The lowest BCUT2D eigenvalue weighted by Crippen LogP contribution is -2.46. The molecule has 3 atom stereocenters. The highest BCUT2D eigenvalue weighted by Gasteiger charge is 2.48. The number of ether oxygens (including phenoxy) is 1. The standard InChI is InChI=1S/C24H30N6O4S/c1-4-5-8-16(20(31)21-30(34-21)18-11-12-25-28-18)27-23(32)33-19-13-24(2,3)14-29(19)22-26-15-9-6-7-10-17(15)35-22/h6-7,9-12,16,19,21H,4-5,8,13-14H2,1-3H3,(H,25,28)(H,27,32)/t16-,19?,21?,30?/m0/s1. The number of carbonyl (C=O) groups excluding carboxylic acids is 2. The summed E-state index contributed by atoms with van der Waals surface area (Å²) in [6.07, 6.45) is 2.64. The van der Waals surface area contributed by atoms with Crippen molar-refractivity contribution in [2.24, 2.45) is 5.41 Å².